The Morgan fingerprint density at radius 3 is 2.79 bits per heavy atom. The molecule has 0 aliphatic carbocycles. The van der Waals surface area contributed by atoms with Crippen molar-refractivity contribution in [3.8, 4) is 5.75 Å². The van der Waals surface area contributed by atoms with Crippen LogP contribution in [0.2, 0.25) is 0 Å². The molecule has 1 amide bonds. The molecule has 0 saturated carbocycles. The Hall–Kier alpha value is -3.38. The predicted molar refractivity (Wildman–Crippen MR) is 116 cm³/mol. The topological polar surface area (TPSA) is 46.8 Å². The minimum Gasteiger partial charge on any atom is -0.487 e. The van der Waals surface area contributed by atoms with Gasteiger partial charge in [0.25, 0.3) is 0 Å². The number of benzene rings is 1. The molecule has 0 aliphatic rings. The third-order valence-electron chi connectivity index (χ3n) is 4.45. The van der Waals surface area contributed by atoms with Gasteiger partial charge in [-0.3, -0.25) is 4.79 Å². The number of imidazole rings is 1. The number of pyridine rings is 1. The number of thiophene rings is 1. The summed E-state index contributed by atoms with van der Waals surface area (Å²) in [6.07, 6.45) is 7.34. The standard InChI is InChI=1S/C23H21N3O2S/c1-25(16-21-5-4-14-29-21)23(27)12-9-18-7-10-20(11-8-18)28-17-19-15-26-13-3-2-6-22(26)24-19/h2-15H,16-17H2,1H3/b12-9+. The minimum absolute atomic E-state index is 0.0226. The van der Waals surface area contributed by atoms with Crippen LogP contribution in [0.3, 0.4) is 0 Å². The van der Waals surface area contributed by atoms with Gasteiger partial charge in [-0.25, -0.2) is 4.98 Å². The summed E-state index contributed by atoms with van der Waals surface area (Å²) in [5.74, 6) is 0.742. The van der Waals surface area contributed by atoms with Gasteiger partial charge >= 0.3 is 0 Å². The maximum atomic E-state index is 12.3. The average molecular weight is 404 g/mol. The van der Waals surface area contributed by atoms with E-state index in [1.54, 1.807) is 22.3 Å². The highest BCUT2D eigenvalue weighted by Crippen LogP contribution is 2.16. The molecule has 0 N–H and O–H groups in total. The number of carbonyl (C=O) groups excluding carboxylic acids is 1. The molecule has 5 nitrogen and oxygen atoms in total. The van der Waals surface area contributed by atoms with Crippen molar-refractivity contribution in [2.45, 2.75) is 13.2 Å². The van der Waals surface area contributed by atoms with Crippen LogP contribution in [0.15, 0.2) is 78.4 Å². The number of amides is 1. The van der Waals surface area contributed by atoms with Crippen molar-refractivity contribution in [2.75, 3.05) is 7.05 Å². The first-order chi connectivity index (χ1) is 14.2. The smallest absolute Gasteiger partial charge is 0.246 e. The second kappa shape index (κ2) is 8.75. The van der Waals surface area contributed by atoms with Crippen LogP contribution in [0.1, 0.15) is 16.1 Å². The first-order valence-electron chi connectivity index (χ1n) is 9.28. The lowest BCUT2D eigenvalue weighted by atomic mass is 10.2. The molecule has 0 unspecified atom stereocenters. The average Bonchev–Trinajstić information content (AvgIpc) is 3.40. The lowest BCUT2D eigenvalue weighted by Gasteiger charge is -2.13. The van der Waals surface area contributed by atoms with Crippen LogP contribution in [0.25, 0.3) is 11.7 Å². The number of hydrogen-bond acceptors (Lipinski definition) is 4. The van der Waals surface area contributed by atoms with Crippen molar-refractivity contribution in [3.63, 3.8) is 0 Å². The van der Waals surface area contributed by atoms with Crippen LogP contribution >= 0.6 is 11.3 Å². The van der Waals surface area contributed by atoms with E-state index in [1.807, 2.05) is 89.9 Å². The van der Waals surface area contributed by atoms with Crippen molar-refractivity contribution in [2.24, 2.45) is 0 Å². The number of rotatable bonds is 7. The number of likely N-dealkylation sites (N-methyl/N-ethyl adjacent to an activating group) is 1. The minimum atomic E-state index is -0.0226. The van der Waals surface area contributed by atoms with Gasteiger partial charge in [0, 0.05) is 30.4 Å². The Morgan fingerprint density at radius 1 is 1.17 bits per heavy atom. The van der Waals surface area contributed by atoms with E-state index in [0.717, 1.165) is 22.7 Å². The van der Waals surface area contributed by atoms with E-state index in [2.05, 4.69) is 4.98 Å². The van der Waals surface area contributed by atoms with Gasteiger partial charge in [-0.15, -0.1) is 11.3 Å². The van der Waals surface area contributed by atoms with Gasteiger partial charge in [-0.1, -0.05) is 24.3 Å². The van der Waals surface area contributed by atoms with E-state index < -0.39 is 0 Å². The van der Waals surface area contributed by atoms with Crippen LogP contribution in [0.5, 0.6) is 5.75 Å². The van der Waals surface area contributed by atoms with Crippen LogP contribution in [-0.2, 0) is 17.9 Å². The van der Waals surface area contributed by atoms with Crippen LogP contribution in [0, 0.1) is 0 Å². The van der Waals surface area contributed by atoms with Gasteiger partial charge in [0.05, 0.1) is 12.2 Å². The molecule has 0 radical (unpaired) electrons. The van der Waals surface area contributed by atoms with Gasteiger partial charge < -0.3 is 14.0 Å². The Labute approximate surface area is 173 Å². The van der Waals surface area contributed by atoms with E-state index in [-0.39, 0.29) is 5.91 Å². The lowest BCUT2D eigenvalue weighted by molar-refractivity contribution is -0.125. The molecule has 3 heterocycles. The number of ether oxygens (including phenoxy) is 1. The maximum Gasteiger partial charge on any atom is 0.246 e. The Balaban J connectivity index is 1.31. The van der Waals surface area contributed by atoms with Crippen molar-refractivity contribution in [1.82, 2.24) is 14.3 Å². The van der Waals surface area contributed by atoms with Crippen molar-refractivity contribution < 1.29 is 9.53 Å². The fourth-order valence-corrected chi connectivity index (χ4v) is 3.66. The van der Waals surface area contributed by atoms with E-state index in [0.29, 0.717) is 13.2 Å². The lowest BCUT2D eigenvalue weighted by Crippen LogP contribution is -2.23. The fourth-order valence-electron chi connectivity index (χ4n) is 2.90. The summed E-state index contributed by atoms with van der Waals surface area (Å²) in [6, 6.07) is 17.6. The molecule has 4 aromatic rings. The number of aromatic nitrogens is 2. The highest BCUT2D eigenvalue weighted by atomic mass is 32.1. The molecule has 146 valence electrons. The van der Waals surface area contributed by atoms with Gasteiger partial charge in [-0.2, -0.15) is 0 Å². The van der Waals surface area contributed by atoms with Gasteiger partial charge in [-0.05, 0) is 47.4 Å². The number of fused-ring (bicyclic) bond motifs is 1. The summed E-state index contributed by atoms with van der Waals surface area (Å²) in [4.78, 5) is 19.6. The molecular weight excluding hydrogens is 382 g/mol. The molecule has 0 fully saturated rings. The molecule has 29 heavy (non-hydrogen) atoms. The van der Waals surface area contributed by atoms with Crippen LogP contribution in [-0.4, -0.2) is 27.2 Å². The summed E-state index contributed by atoms with van der Waals surface area (Å²) >= 11 is 1.65. The summed E-state index contributed by atoms with van der Waals surface area (Å²) < 4.78 is 7.80. The first-order valence-corrected chi connectivity index (χ1v) is 10.2. The number of nitrogens with zero attached hydrogens (tertiary/aromatic N) is 3. The van der Waals surface area contributed by atoms with Crippen molar-refractivity contribution >= 4 is 29.0 Å². The Bertz CT molecular complexity index is 1080. The Kier molecular flexibility index (Phi) is 5.72. The van der Waals surface area contributed by atoms with Gasteiger partial charge in [0.15, 0.2) is 0 Å². The Morgan fingerprint density at radius 2 is 2.03 bits per heavy atom. The second-order valence-electron chi connectivity index (χ2n) is 6.66. The zero-order valence-corrected chi connectivity index (χ0v) is 16.9. The molecular formula is C23H21N3O2S. The molecule has 0 saturated heterocycles. The van der Waals surface area contributed by atoms with E-state index in [4.69, 9.17) is 4.74 Å². The molecule has 4 rings (SSSR count). The second-order valence-corrected chi connectivity index (χ2v) is 7.70. The molecule has 0 atom stereocenters. The van der Waals surface area contributed by atoms with Gasteiger partial charge in [0.1, 0.15) is 18.0 Å². The van der Waals surface area contributed by atoms with E-state index >= 15 is 0 Å². The highest BCUT2D eigenvalue weighted by molar-refractivity contribution is 7.09. The largest absolute Gasteiger partial charge is 0.487 e. The van der Waals surface area contributed by atoms with Crippen LogP contribution in [0.4, 0.5) is 0 Å². The van der Waals surface area contributed by atoms with Crippen molar-refractivity contribution in [3.05, 3.63) is 94.6 Å². The molecule has 0 spiro atoms. The predicted octanol–water partition coefficient (Wildman–Crippen LogP) is 4.65. The summed E-state index contributed by atoms with van der Waals surface area (Å²) in [7, 11) is 1.81. The highest BCUT2D eigenvalue weighted by Gasteiger charge is 2.06. The number of hydrogen-bond donors (Lipinski definition) is 0. The summed E-state index contributed by atoms with van der Waals surface area (Å²) in [5.41, 5.74) is 2.72. The summed E-state index contributed by atoms with van der Waals surface area (Å²) in [6.45, 7) is 1.03. The molecule has 1 aromatic carbocycles. The van der Waals surface area contributed by atoms with Crippen molar-refractivity contribution in [1.29, 1.82) is 0 Å². The first kappa shape index (κ1) is 19.0. The molecule has 6 heteroatoms. The summed E-state index contributed by atoms with van der Waals surface area (Å²) in [5, 5.41) is 2.02. The van der Waals surface area contributed by atoms with E-state index in [9.17, 15) is 4.79 Å². The van der Waals surface area contributed by atoms with Crippen LogP contribution < -0.4 is 4.74 Å². The molecule has 0 bridgehead atoms. The molecule has 3 aromatic heterocycles. The maximum absolute atomic E-state index is 12.3. The van der Waals surface area contributed by atoms with Gasteiger partial charge in [0.2, 0.25) is 5.91 Å². The molecule has 0 aliphatic heterocycles. The zero-order chi connectivity index (χ0) is 20.1. The third kappa shape index (κ3) is 4.92. The number of carbonyl (C=O) groups is 1. The third-order valence-corrected chi connectivity index (χ3v) is 5.31. The SMILES string of the molecule is CN(Cc1cccs1)C(=O)/C=C/c1ccc(OCc2cn3ccccc3n2)cc1. The zero-order valence-electron chi connectivity index (χ0n) is 16.1. The quantitative estimate of drug-likeness (QED) is 0.422. The normalized spacial score (nSPS) is 11.2. The monoisotopic (exact) mass is 403 g/mol. The van der Waals surface area contributed by atoms with E-state index in [1.165, 1.54) is 4.88 Å². The fraction of sp³-hybridized carbons (Fsp3) is 0.130.